The predicted octanol–water partition coefficient (Wildman–Crippen LogP) is 1.82. The smallest absolute Gasteiger partial charge is 0.221 e. The van der Waals surface area contributed by atoms with Gasteiger partial charge in [-0.05, 0) is 12.1 Å². The van der Waals surface area contributed by atoms with E-state index in [1.165, 1.54) is 6.92 Å². The first-order valence-electron chi connectivity index (χ1n) is 5.05. The number of carbonyl (C=O) groups excluding carboxylic acids is 1. The number of carbonyl (C=O) groups is 1. The van der Waals surface area contributed by atoms with Crippen molar-refractivity contribution >= 4 is 23.2 Å². The van der Waals surface area contributed by atoms with Gasteiger partial charge in [-0.25, -0.2) is 0 Å². The Hall–Kier alpha value is -1.52. The van der Waals surface area contributed by atoms with E-state index in [0.29, 0.717) is 22.0 Å². The van der Waals surface area contributed by atoms with Gasteiger partial charge in [-0.15, -0.1) is 0 Å². The summed E-state index contributed by atoms with van der Waals surface area (Å²) in [6, 6.07) is 5.10. The second-order valence-corrected chi connectivity index (χ2v) is 3.75. The van der Waals surface area contributed by atoms with E-state index in [1.54, 1.807) is 18.2 Å². The van der Waals surface area contributed by atoms with Crippen molar-refractivity contribution in [3.05, 3.63) is 35.4 Å². The van der Waals surface area contributed by atoms with Crippen LogP contribution in [-0.4, -0.2) is 24.2 Å². The monoisotopic (exact) mass is 255 g/mol. The maximum atomic E-state index is 11.0. The SMILES string of the molecule is C=C(NC(C)=O)c1c(Cl)cccc1OCCO. The van der Waals surface area contributed by atoms with Crippen LogP contribution in [0.2, 0.25) is 5.02 Å². The molecule has 17 heavy (non-hydrogen) atoms. The molecule has 1 aromatic rings. The van der Waals surface area contributed by atoms with Crippen LogP contribution in [0.1, 0.15) is 12.5 Å². The number of amides is 1. The number of halogens is 1. The molecule has 0 bridgehead atoms. The highest BCUT2D eigenvalue weighted by atomic mass is 35.5. The third kappa shape index (κ3) is 3.76. The Morgan fingerprint density at radius 1 is 1.59 bits per heavy atom. The number of nitrogens with one attached hydrogen (secondary N) is 1. The highest BCUT2D eigenvalue weighted by molar-refractivity contribution is 6.32. The Bertz CT molecular complexity index is 432. The number of hydrogen-bond donors (Lipinski definition) is 2. The van der Waals surface area contributed by atoms with Gasteiger partial charge in [0, 0.05) is 12.6 Å². The van der Waals surface area contributed by atoms with Crippen molar-refractivity contribution in [2.24, 2.45) is 0 Å². The van der Waals surface area contributed by atoms with E-state index in [2.05, 4.69) is 11.9 Å². The molecule has 0 fully saturated rings. The first-order valence-corrected chi connectivity index (χ1v) is 5.43. The van der Waals surface area contributed by atoms with Crippen LogP contribution in [0.5, 0.6) is 5.75 Å². The molecule has 0 aliphatic heterocycles. The summed E-state index contributed by atoms with van der Waals surface area (Å²) in [4.78, 5) is 11.0. The molecule has 1 aromatic carbocycles. The molecule has 1 rings (SSSR count). The van der Waals surface area contributed by atoms with E-state index < -0.39 is 0 Å². The molecule has 0 aliphatic carbocycles. The van der Waals surface area contributed by atoms with Crippen LogP contribution >= 0.6 is 11.6 Å². The molecule has 0 unspecified atom stereocenters. The normalized spacial score (nSPS) is 9.82. The highest BCUT2D eigenvalue weighted by Gasteiger charge is 2.12. The summed E-state index contributed by atoms with van der Waals surface area (Å²) in [5.41, 5.74) is 0.897. The molecule has 0 spiro atoms. The van der Waals surface area contributed by atoms with Crippen molar-refractivity contribution in [1.29, 1.82) is 0 Å². The Labute approximate surface area is 105 Å². The maximum Gasteiger partial charge on any atom is 0.221 e. The quantitative estimate of drug-likeness (QED) is 0.844. The standard InChI is InChI=1S/C12H14ClNO3/c1-8(14-9(2)16)12-10(13)4-3-5-11(12)17-7-6-15/h3-5,15H,1,6-7H2,2H3,(H,14,16). The molecule has 0 saturated heterocycles. The average molecular weight is 256 g/mol. The van der Waals surface area contributed by atoms with E-state index >= 15 is 0 Å². The fourth-order valence-corrected chi connectivity index (χ4v) is 1.63. The zero-order valence-electron chi connectivity index (χ0n) is 9.50. The van der Waals surface area contributed by atoms with Crippen molar-refractivity contribution in [3.8, 4) is 5.75 Å². The molecular weight excluding hydrogens is 242 g/mol. The minimum Gasteiger partial charge on any atom is -0.490 e. The van der Waals surface area contributed by atoms with Gasteiger partial charge in [0.2, 0.25) is 5.91 Å². The molecule has 0 saturated carbocycles. The number of hydrogen-bond acceptors (Lipinski definition) is 3. The van der Waals surface area contributed by atoms with Crippen molar-refractivity contribution < 1.29 is 14.6 Å². The number of ether oxygens (including phenoxy) is 1. The molecule has 5 heteroatoms. The summed E-state index contributed by atoms with van der Waals surface area (Å²) >= 11 is 6.03. The third-order valence-corrected chi connectivity index (χ3v) is 2.27. The molecule has 0 atom stereocenters. The number of rotatable bonds is 5. The van der Waals surface area contributed by atoms with Crippen LogP contribution in [0.25, 0.3) is 5.70 Å². The first-order chi connectivity index (χ1) is 8.06. The van der Waals surface area contributed by atoms with E-state index in [1.807, 2.05) is 0 Å². The van der Waals surface area contributed by atoms with Crippen molar-refractivity contribution in [2.45, 2.75) is 6.92 Å². The Morgan fingerprint density at radius 2 is 2.29 bits per heavy atom. The predicted molar refractivity (Wildman–Crippen MR) is 66.9 cm³/mol. The highest BCUT2D eigenvalue weighted by Crippen LogP contribution is 2.30. The van der Waals surface area contributed by atoms with Crippen molar-refractivity contribution in [2.75, 3.05) is 13.2 Å². The summed E-state index contributed by atoms with van der Waals surface area (Å²) in [5.74, 6) is 0.244. The fourth-order valence-electron chi connectivity index (χ4n) is 1.35. The lowest BCUT2D eigenvalue weighted by atomic mass is 10.1. The summed E-state index contributed by atoms with van der Waals surface area (Å²) in [6.07, 6.45) is 0. The van der Waals surface area contributed by atoms with Gasteiger partial charge in [-0.2, -0.15) is 0 Å². The molecule has 2 N–H and O–H groups in total. The molecule has 0 radical (unpaired) electrons. The molecule has 92 valence electrons. The van der Waals surface area contributed by atoms with E-state index in [4.69, 9.17) is 21.4 Å². The lowest BCUT2D eigenvalue weighted by Gasteiger charge is -2.14. The van der Waals surface area contributed by atoms with Crippen LogP contribution in [0.4, 0.5) is 0 Å². The summed E-state index contributed by atoms with van der Waals surface area (Å²) < 4.78 is 5.32. The van der Waals surface area contributed by atoms with Gasteiger partial charge in [0.05, 0.1) is 17.2 Å². The average Bonchev–Trinajstić information content (AvgIpc) is 2.25. The zero-order chi connectivity index (χ0) is 12.8. The summed E-state index contributed by atoms with van der Waals surface area (Å²) in [6.45, 7) is 5.18. The minimum absolute atomic E-state index is 0.0986. The Kier molecular flexibility index (Phi) is 5.00. The van der Waals surface area contributed by atoms with Gasteiger partial charge in [-0.1, -0.05) is 24.2 Å². The van der Waals surface area contributed by atoms with Crippen LogP contribution in [0.3, 0.4) is 0 Å². The second-order valence-electron chi connectivity index (χ2n) is 3.34. The van der Waals surface area contributed by atoms with Crippen molar-refractivity contribution in [3.63, 3.8) is 0 Å². The first kappa shape index (κ1) is 13.5. The van der Waals surface area contributed by atoms with Crippen LogP contribution < -0.4 is 10.1 Å². The number of benzene rings is 1. The maximum absolute atomic E-state index is 11.0. The van der Waals surface area contributed by atoms with E-state index in [0.717, 1.165) is 0 Å². The van der Waals surface area contributed by atoms with E-state index in [9.17, 15) is 4.79 Å². The van der Waals surface area contributed by atoms with E-state index in [-0.39, 0.29) is 19.1 Å². The van der Waals surface area contributed by atoms with Gasteiger partial charge in [0.1, 0.15) is 12.4 Å². The molecule has 1 amide bonds. The topological polar surface area (TPSA) is 58.6 Å². The summed E-state index contributed by atoms with van der Waals surface area (Å²) in [7, 11) is 0. The fraction of sp³-hybridized carbons (Fsp3) is 0.250. The van der Waals surface area contributed by atoms with Crippen LogP contribution in [-0.2, 0) is 4.79 Å². The van der Waals surface area contributed by atoms with Gasteiger partial charge in [-0.3, -0.25) is 4.79 Å². The Morgan fingerprint density at radius 3 is 2.88 bits per heavy atom. The van der Waals surface area contributed by atoms with Gasteiger partial charge in [0.25, 0.3) is 0 Å². The van der Waals surface area contributed by atoms with Crippen LogP contribution in [0, 0.1) is 0 Å². The molecular formula is C12H14ClNO3. The largest absolute Gasteiger partial charge is 0.490 e. The lowest BCUT2D eigenvalue weighted by Crippen LogP contribution is -2.18. The zero-order valence-corrected chi connectivity index (χ0v) is 10.3. The van der Waals surface area contributed by atoms with Gasteiger partial charge in [0.15, 0.2) is 0 Å². The summed E-state index contributed by atoms with van der Waals surface area (Å²) in [5, 5.41) is 11.7. The number of aliphatic hydroxyl groups is 1. The van der Waals surface area contributed by atoms with Gasteiger partial charge >= 0.3 is 0 Å². The third-order valence-electron chi connectivity index (χ3n) is 1.95. The van der Waals surface area contributed by atoms with Gasteiger partial charge < -0.3 is 15.2 Å². The van der Waals surface area contributed by atoms with Crippen LogP contribution in [0.15, 0.2) is 24.8 Å². The minimum atomic E-state index is -0.233. The molecule has 0 heterocycles. The lowest BCUT2D eigenvalue weighted by molar-refractivity contribution is -0.117. The Balaban J connectivity index is 3.02. The number of aliphatic hydroxyl groups excluding tert-OH is 1. The molecule has 0 aliphatic rings. The molecule has 4 nitrogen and oxygen atoms in total. The van der Waals surface area contributed by atoms with Crippen molar-refractivity contribution in [1.82, 2.24) is 5.32 Å². The second kappa shape index (κ2) is 6.27. The molecule has 0 aromatic heterocycles.